The van der Waals surface area contributed by atoms with E-state index in [4.69, 9.17) is 5.11 Å². The van der Waals surface area contributed by atoms with E-state index in [0.717, 1.165) is 18.2 Å². The van der Waals surface area contributed by atoms with Crippen LogP contribution in [-0.4, -0.2) is 32.3 Å². The number of benzene rings is 1. The molecule has 1 aromatic carbocycles. The summed E-state index contributed by atoms with van der Waals surface area (Å²) in [5.41, 5.74) is 1.70. The van der Waals surface area contributed by atoms with Crippen molar-refractivity contribution in [1.82, 2.24) is 0 Å². The first kappa shape index (κ1) is 15.5. The average Bonchev–Trinajstić information content (AvgIpc) is 2.33. The van der Waals surface area contributed by atoms with Crippen molar-refractivity contribution < 1.29 is 18.3 Å². The first-order chi connectivity index (χ1) is 8.84. The fraction of sp³-hybridized carbons (Fsp3) is 0.462. The van der Waals surface area contributed by atoms with Gasteiger partial charge in [0.15, 0.2) is 0 Å². The number of anilines is 1. The molecule has 0 aromatic heterocycles. The highest BCUT2D eigenvalue weighted by molar-refractivity contribution is 7.92. The summed E-state index contributed by atoms with van der Waals surface area (Å²) in [6.07, 6.45) is 2.26. The molecule has 0 bridgehead atoms. The molecule has 0 atom stereocenters. The van der Waals surface area contributed by atoms with Gasteiger partial charge in [0.2, 0.25) is 10.0 Å². The van der Waals surface area contributed by atoms with Crippen molar-refractivity contribution in [2.75, 3.05) is 17.1 Å². The van der Waals surface area contributed by atoms with E-state index in [9.17, 15) is 13.2 Å². The standard InChI is InChI=1S/C13H19NO4S/c1-3-11-6-8-12(9-7-11)14(19(2,17)18)10-4-5-13(15)16/h6-9H,3-5,10H2,1-2H3,(H,15,16). The molecule has 0 fully saturated rings. The van der Waals surface area contributed by atoms with Crippen molar-refractivity contribution in [3.05, 3.63) is 29.8 Å². The van der Waals surface area contributed by atoms with Gasteiger partial charge in [-0.15, -0.1) is 0 Å². The van der Waals surface area contributed by atoms with Gasteiger partial charge >= 0.3 is 5.97 Å². The largest absolute Gasteiger partial charge is 0.481 e. The van der Waals surface area contributed by atoms with Gasteiger partial charge in [-0.1, -0.05) is 19.1 Å². The first-order valence-corrected chi connectivity index (χ1v) is 7.98. The number of aryl methyl sites for hydroxylation is 1. The summed E-state index contributed by atoms with van der Waals surface area (Å²) >= 11 is 0. The molecule has 0 spiro atoms. The van der Waals surface area contributed by atoms with Crippen LogP contribution >= 0.6 is 0 Å². The van der Waals surface area contributed by atoms with Gasteiger partial charge in [0.1, 0.15) is 0 Å². The Morgan fingerprint density at radius 3 is 2.26 bits per heavy atom. The third kappa shape index (κ3) is 4.90. The minimum Gasteiger partial charge on any atom is -0.481 e. The zero-order valence-electron chi connectivity index (χ0n) is 11.2. The molecule has 1 rings (SSSR count). The molecule has 0 saturated carbocycles. The van der Waals surface area contributed by atoms with Crippen molar-refractivity contribution in [3.63, 3.8) is 0 Å². The van der Waals surface area contributed by atoms with Gasteiger partial charge in [0.25, 0.3) is 0 Å². The van der Waals surface area contributed by atoms with E-state index in [2.05, 4.69) is 0 Å². The molecule has 0 unspecified atom stereocenters. The highest BCUT2D eigenvalue weighted by atomic mass is 32.2. The van der Waals surface area contributed by atoms with E-state index in [1.54, 1.807) is 12.1 Å². The Labute approximate surface area is 113 Å². The Morgan fingerprint density at radius 2 is 1.84 bits per heavy atom. The molecule has 0 amide bonds. The minimum atomic E-state index is -3.40. The molecule has 19 heavy (non-hydrogen) atoms. The fourth-order valence-corrected chi connectivity index (χ4v) is 2.72. The van der Waals surface area contributed by atoms with E-state index in [1.165, 1.54) is 4.31 Å². The second-order valence-corrected chi connectivity index (χ2v) is 6.26. The summed E-state index contributed by atoms with van der Waals surface area (Å²) in [6, 6.07) is 7.26. The van der Waals surface area contributed by atoms with Crippen molar-refractivity contribution in [1.29, 1.82) is 0 Å². The second kappa shape index (κ2) is 6.56. The summed E-state index contributed by atoms with van der Waals surface area (Å²) < 4.78 is 24.7. The van der Waals surface area contributed by atoms with Gasteiger partial charge in [0.05, 0.1) is 11.9 Å². The number of carboxylic acid groups (broad SMARTS) is 1. The van der Waals surface area contributed by atoms with Crippen molar-refractivity contribution in [2.45, 2.75) is 26.2 Å². The molecular formula is C13H19NO4S. The van der Waals surface area contributed by atoms with Gasteiger partial charge in [-0.25, -0.2) is 8.42 Å². The summed E-state index contributed by atoms with van der Waals surface area (Å²) in [7, 11) is -3.40. The van der Waals surface area contributed by atoms with E-state index < -0.39 is 16.0 Å². The van der Waals surface area contributed by atoms with Gasteiger partial charge in [-0.05, 0) is 30.5 Å². The highest BCUT2D eigenvalue weighted by Gasteiger charge is 2.17. The van der Waals surface area contributed by atoms with Crippen molar-refractivity contribution in [2.24, 2.45) is 0 Å². The van der Waals surface area contributed by atoms with Gasteiger partial charge in [-0.3, -0.25) is 9.10 Å². The number of sulfonamides is 1. The maximum atomic E-state index is 11.7. The van der Waals surface area contributed by atoms with Gasteiger partial charge in [-0.2, -0.15) is 0 Å². The van der Waals surface area contributed by atoms with Crippen LogP contribution in [-0.2, 0) is 21.2 Å². The number of carbonyl (C=O) groups is 1. The molecule has 0 saturated heterocycles. The number of rotatable bonds is 7. The number of nitrogens with zero attached hydrogens (tertiary/aromatic N) is 1. The van der Waals surface area contributed by atoms with Crippen LogP contribution in [0.25, 0.3) is 0 Å². The van der Waals surface area contributed by atoms with Crippen LogP contribution in [0.4, 0.5) is 5.69 Å². The topological polar surface area (TPSA) is 74.7 Å². The average molecular weight is 285 g/mol. The van der Waals surface area contributed by atoms with Crippen LogP contribution in [0.3, 0.4) is 0 Å². The van der Waals surface area contributed by atoms with Crippen molar-refractivity contribution >= 4 is 21.7 Å². The quantitative estimate of drug-likeness (QED) is 0.830. The van der Waals surface area contributed by atoms with Crippen molar-refractivity contribution in [3.8, 4) is 0 Å². The molecule has 1 aromatic rings. The maximum Gasteiger partial charge on any atom is 0.303 e. The van der Waals surface area contributed by atoms with Crippen LogP contribution in [0.1, 0.15) is 25.3 Å². The summed E-state index contributed by atoms with van der Waals surface area (Å²) in [6.45, 7) is 2.20. The summed E-state index contributed by atoms with van der Waals surface area (Å²) in [4.78, 5) is 10.5. The Bertz CT molecular complexity index is 522. The molecule has 0 aliphatic heterocycles. The van der Waals surface area contributed by atoms with Crippen LogP contribution < -0.4 is 4.31 Å². The van der Waals surface area contributed by atoms with E-state index in [1.807, 2.05) is 19.1 Å². The maximum absolute atomic E-state index is 11.7. The molecule has 0 heterocycles. The number of carboxylic acids is 1. The highest BCUT2D eigenvalue weighted by Crippen LogP contribution is 2.19. The number of hydrogen-bond donors (Lipinski definition) is 1. The molecule has 0 radical (unpaired) electrons. The Balaban J connectivity index is 2.87. The SMILES string of the molecule is CCc1ccc(N(CCCC(=O)O)S(C)(=O)=O)cc1. The van der Waals surface area contributed by atoms with Crippen LogP contribution in [0.15, 0.2) is 24.3 Å². The first-order valence-electron chi connectivity index (χ1n) is 6.13. The van der Waals surface area contributed by atoms with Crippen LogP contribution in [0.2, 0.25) is 0 Å². The minimum absolute atomic E-state index is 0.0426. The monoisotopic (exact) mass is 285 g/mol. The molecule has 0 aliphatic carbocycles. The molecule has 5 nitrogen and oxygen atoms in total. The predicted molar refractivity (Wildman–Crippen MR) is 74.9 cm³/mol. The lowest BCUT2D eigenvalue weighted by Gasteiger charge is -2.22. The van der Waals surface area contributed by atoms with Gasteiger partial charge < -0.3 is 5.11 Å². The normalized spacial score (nSPS) is 11.3. The lowest BCUT2D eigenvalue weighted by atomic mass is 10.1. The molecule has 1 N–H and O–H groups in total. The Kier molecular flexibility index (Phi) is 5.35. The molecule has 0 aliphatic rings. The molecule has 6 heteroatoms. The molecule has 106 valence electrons. The van der Waals surface area contributed by atoms with Crippen LogP contribution in [0, 0.1) is 0 Å². The second-order valence-electron chi connectivity index (χ2n) is 4.35. The van der Waals surface area contributed by atoms with Gasteiger partial charge in [0, 0.05) is 13.0 Å². The van der Waals surface area contributed by atoms with E-state index in [0.29, 0.717) is 5.69 Å². The Hall–Kier alpha value is -1.56. The van der Waals surface area contributed by atoms with E-state index >= 15 is 0 Å². The Morgan fingerprint density at radius 1 is 1.26 bits per heavy atom. The third-order valence-electron chi connectivity index (χ3n) is 2.78. The molecular weight excluding hydrogens is 266 g/mol. The lowest BCUT2D eigenvalue weighted by molar-refractivity contribution is -0.137. The number of hydrogen-bond acceptors (Lipinski definition) is 3. The summed E-state index contributed by atoms with van der Waals surface area (Å²) in [5, 5.41) is 8.60. The zero-order valence-corrected chi connectivity index (χ0v) is 12.0. The fourth-order valence-electron chi connectivity index (χ4n) is 1.76. The predicted octanol–water partition coefficient (Wildman–Crippen LogP) is 1.88. The van der Waals surface area contributed by atoms with Crippen LogP contribution in [0.5, 0.6) is 0 Å². The summed E-state index contributed by atoms with van der Waals surface area (Å²) in [5.74, 6) is -0.921. The third-order valence-corrected chi connectivity index (χ3v) is 3.98. The number of aliphatic carboxylic acids is 1. The van der Waals surface area contributed by atoms with E-state index in [-0.39, 0.29) is 19.4 Å². The zero-order chi connectivity index (χ0) is 14.5. The smallest absolute Gasteiger partial charge is 0.303 e. The lowest BCUT2D eigenvalue weighted by Crippen LogP contribution is -2.31.